The van der Waals surface area contributed by atoms with Gasteiger partial charge in [0, 0.05) is 5.88 Å². The maximum Gasteiger partial charge on any atom is 0.224 e. The van der Waals surface area contributed by atoms with Crippen molar-refractivity contribution in [2.24, 2.45) is 5.92 Å². The highest BCUT2D eigenvalue weighted by Gasteiger charge is 2.36. The minimum absolute atomic E-state index is 0.0232. The first-order chi connectivity index (χ1) is 7.88. The molecule has 4 nitrogen and oxygen atoms in total. The summed E-state index contributed by atoms with van der Waals surface area (Å²) >= 11 is 5.90. The Balaban J connectivity index is 2.66. The highest BCUT2D eigenvalue weighted by molar-refractivity contribution is 7.91. The van der Waals surface area contributed by atoms with Crippen molar-refractivity contribution in [1.82, 2.24) is 5.32 Å². The van der Waals surface area contributed by atoms with Crippen LogP contribution in [0.5, 0.6) is 0 Å². The normalized spacial score (nSPS) is 23.6. The molecule has 1 heterocycles. The van der Waals surface area contributed by atoms with E-state index in [1.54, 1.807) is 0 Å². The fourth-order valence-electron chi connectivity index (χ4n) is 2.01. The molecule has 0 aromatic rings. The summed E-state index contributed by atoms with van der Waals surface area (Å²) in [6.45, 7) is 3.94. The van der Waals surface area contributed by atoms with Crippen LogP contribution >= 0.6 is 11.6 Å². The number of sulfone groups is 1. The van der Waals surface area contributed by atoms with Gasteiger partial charge in [-0.2, -0.15) is 0 Å². The molecule has 0 radical (unpaired) electrons. The van der Waals surface area contributed by atoms with Gasteiger partial charge in [-0.25, -0.2) is 8.42 Å². The molecule has 1 saturated heterocycles. The number of carbonyl (C=O) groups is 1. The Morgan fingerprint density at radius 2 is 2.00 bits per heavy atom. The van der Waals surface area contributed by atoms with Gasteiger partial charge >= 0.3 is 0 Å². The lowest BCUT2D eigenvalue weighted by Gasteiger charge is -2.31. The van der Waals surface area contributed by atoms with E-state index in [-0.39, 0.29) is 17.4 Å². The quantitative estimate of drug-likeness (QED) is 0.774. The van der Waals surface area contributed by atoms with E-state index in [0.717, 1.165) is 12.8 Å². The van der Waals surface area contributed by atoms with E-state index in [1.807, 2.05) is 13.8 Å². The van der Waals surface area contributed by atoms with Crippen LogP contribution in [-0.4, -0.2) is 37.2 Å². The monoisotopic (exact) mass is 281 g/mol. The lowest BCUT2D eigenvalue weighted by atomic mass is 9.94. The molecule has 100 valence electrons. The van der Waals surface area contributed by atoms with Crippen molar-refractivity contribution in [1.29, 1.82) is 0 Å². The van der Waals surface area contributed by atoms with Crippen LogP contribution in [0.2, 0.25) is 0 Å². The Labute approximate surface area is 108 Å². The summed E-state index contributed by atoms with van der Waals surface area (Å²) in [5.41, 5.74) is -0.398. The molecule has 0 saturated carbocycles. The van der Waals surface area contributed by atoms with Crippen molar-refractivity contribution in [2.45, 2.75) is 38.6 Å². The van der Waals surface area contributed by atoms with Gasteiger partial charge in [-0.1, -0.05) is 13.8 Å². The molecule has 1 fully saturated rings. The third-order valence-corrected chi connectivity index (χ3v) is 5.88. The van der Waals surface area contributed by atoms with E-state index in [0.29, 0.717) is 12.3 Å². The third-order valence-electron chi connectivity index (χ3n) is 3.60. The average molecular weight is 282 g/mol. The molecule has 0 aromatic carbocycles. The van der Waals surface area contributed by atoms with E-state index in [2.05, 4.69) is 5.32 Å². The molecule has 17 heavy (non-hydrogen) atoms. The molecular formula is C11H20ClNO3S. The first-order valence-corrected chi connectivity index (χ1v) is 8.32. The highest BCUT2D eigenvalue weighted by Crippen LogP contribution is 2.22. The molecule has 1 unspecified atom stereocenters. The van der Waals surface area contributed by atoms with Crippen LogP contribution in [0.25, 0.3) is 0 Å². The van der Waals surface area contributed by atoms with E-state index in [9.17, 15) is 13.2 Å². The van der Waals surface area contributed by atoms with Crippen molar-refractivity contribution in [2.75, 3.05) is 17.4 Å². The van der Waals surface area contributed by atoms with Crippen LogP contribution in [-0.2, 0) is 14.6 Å². The van der Waals surface area contributed by atoms with Gasteiger partial charge in [-0.15, -0.1) is 11.6 Å². The highest BCUT2D eigenvalue weighted by atomic mass is 35.5. The Morgan fingerprint density at radius 3 is 2.35 bits per heavy atom. The lowest BCUT2D eigenvalue weighted by molar-refractivity contribution is -0.126. The van der Waals surface area contributed by atoms with Crippen molar-refractivity contribution in [3.8, 4) is 0 Å². The standard InChI is InChI=1S/C11H20ClNO3S/c1-3-11(4-2,8-12)13-10(14)9-5-6-17(15,16)7-9/h9H,3-8H2,1-2H3,(H,13,14). The van der Waals surface area contributed by atoms with Crippen LogP contribution in [0.3, 0.4) is 0 Å². The second-order valence-corrected chi connectivity index (χ2v) is 7.21. The number of halogens is 1. The number of alkyl halides is 1. The number of carbonyl (C=O) groups excluding carboxylic acids is 1. The SMILES string of the molecule is CCC(CC)(CCl)NC(=O)C1CCS(=O)(=O)C1. The van der Waals surface area contributed by atoms with Crippen LogP contribution in [0.15, 0.2) is 0 Å². The predicted molar refractivity (Wildman–Crippen MR) is 68.9 cm³/mol. The summed E-state index contributed by atoms with van der Waals surface area (Å²) in [5.74, 6) is -0.122. The predicted octanol–water partition coefficient (Wildman–Crippen LogP) is 1.33. The zero-order valence-electron chi connectivity index (χ0n) is 10.3. The van der Waals surface area contributed by atoms with Gasteiger partial charge < -0.3 is 5.32 Å². The summed E-state index contributed by atoms with van der Waals surface area (Å²) in [6.07, 6.45) is 1.93. The molecule has 0 spiro atoms. The second-order valence-electron chi connectivity index (χ2n) is 4.71. The van der Waals surface area contributed by atoms with Crippen LogP contribution < -0.4 is 5.32 Å². The molecule has 0 bridgehead atoms. The Bertz CT molecular complexity index is 368. The van der Waals surface area contributed by atoms with Crippen LogP contribution in [0.1, 0.15) is 33.1 Å². The molecule has 1 aliphatic rings. The smallest absolute Gasteiger partial charge is 0.224 e. The topological polar surface area (TPSA) is 63.2 Å². The summed E-state index contributed by atoms with van der Waals surface area (Å²) in [4.78, 5) is 12.0. The first-order valence-electron chi connectivity index (χ1n) is 5.96. The minimum atomic E-state index is -3.01. The van der Waals surface area contributed by atoms with Gasteiger partial charge in [-0.3, -0.25) is 4.79 Å². The van der Waals surface area contributed by atoms with Gasteiger partial charge in [0.05, 0.1) is 23.0 Å². The van der Waals surface area contributed by atoms with Crippen molar-refractivity contribution >= 4 is 27.3 Å². The largest absolute Gasteiger partial charge is 0.349 e. The number of amides is 1. The van der Waals surface area contributed by atoms with E-state index in [4.69, 9.17) is 11.6 Å². The van der Waals surface area contributed by atoms with Crippen LogP contribution in [0.4, 0.5) is 0 Å². The van der Waals surface area contributed by atoms with Crippen molar-refractivity contribution in [3.05, 3.63) is 0 Å². The molecule has 0 aromatic heterocycles. The fraction of sp³-hybridized carbons (Fsp3) is 0.909. The summed E-state index contributed by atoms with van der Waals surface area (Å²) in [5, 5.41) is 2.92. The fourth-order valence-corrected chi connectivity index (χ4v) is 4.20. The number of nitrogens with one attached hydrogen (secondary N) is 1. The van der Waals surface area contributed by atoms with E-state index >= 15 is 0 Å². The van der Waals surface area contributed by atoms with Gasteiger partial charge in [0.25, 0.3) is 0 Å². The van der Waals surface area contributed by atoms with Crippen LogP contribution in [0, 0.1) is 5.92 Å². The first kappa shape index (κ1) is 14.8. The van der Waals surface area contributed by atoms with Crippen molar-refractivity contribution in [3.63, 3.8) is 0 Å². The average Bonchev–Trinajstić information content (AvgIpc) is 2.67. The third kappa shape index (κ3) is 3.58. The van der Waals surface area contributed by atoms with Crippen molar-refractivity contribution < 1.29 is 13.2 Å². The molecule has 0 aliphatic carbocycles. The number of hydrogen-bond donors (Lipinski definition) is 1. The molecule has 1 amide bonds. The maximum atomic E-state index is 12.0. The second kappa shape index (κ2) is 5.57. The molecule has 1 aliphatic heterocycles. The van der Waals surface area contributed by atoms with Gasteiger partial charge in [0.1, 0.15) is 0 Å². The van der Waals surface area contributed by atoms with Gasteiger partial charge in [0.2, 0.25) is 5.91 Å². The van der Waals surface area contributed by atoms with E-state index in [1.165, 1.54) is 0 Å². The zero-order valence-corrected chi connectivity index (χ0v) is 11.9. The summed E-state index contributed by atoms with van der Waals surface area (Å²) < 4.78 is 22.6. The summed E-state index contributed by atoms with van der Waals surface area (Å²) in [6, 6.07) is 0. The molecule has 1 atom stereocenters. The van der Waals surface area contributed by atoms with E-state index < -0.39 is 21.3 Å². The Morgan fingerprint density at radius 1 is 1.41 bits per heavy atom. The van der Waals surface area contributed by atoms with Gasteiger partial charge in [-0.05, 0) is 19.3 Å². The molecule has 6 heteroatoms. The maximum absolute atomic E-state index is 12.0. The lowest BCUT2D eigenvalue weighted by Crippen LogP contribution is -2.51. The summed E-state index contributed by atoms with van der Waals surface area (Å²) in [7, 11) is -3.01. The number of rotatable bonds is 5. The Kier molecular flexibility index (Phi) is 4.84. The molecule has 1 rings (SSSR count). The molecular weight excluding hydrogens is 262 g/mol. The number of hydrogen-bond acceptors (Lipinski definition) is 3. The minimum Gasteiger partial charge on any atom is -0.349 e. The Hall–Kier alpha value is -0.290. The van der Waals surface area contributed by atoms with Gasteiger partial charge in [0.15, 0.2) is 9.84 Å². The molecule has 1 N–H and O–H groups in total. The zero-order chi connectivity index (χ0) is 13.1.